The van der Waals surface area contributed by atoms with Crippen molar-refractivity contribution >= 4 is 28.5 Å². The molecule has 0 radical (unpaired) electrons. The third kappa shape index (κ3) is 3.56. The van der Waals surface area contributed by atoms with Gasteiger partial charge in [-0.1, -0.05) is 62.3 Å². The Morgan fingerprint density at radius 2 is 0.810 bits per heavy atom. The van der Waals surface area contributed by atoms with Crippen LogP contribution in [0.3, 0.4) is 0 Å². The molecule has 1 saturated heterocycles. The van der Waals surface area contributed by atoms with Crippen molar-refractivity contribution in [1.82, 2.24) is 0 Å². The topological polar surface area (TPSA) is 0 Å². The van der Waals surface area contributed by atoms with Gasteiger partial charge in [0.1, 0.15) is 0 Å². The lowest BCUT2D eigenvalue weighted by Crippen LogP contribution is -2.34. The first kappa shape index (κ1) is 20.8. The van der Waals surface area contributed by atoms with E-state index in [2.05, 4.69) is 89.7 Å². The smallest absolute Gasteiger partial charge is 0.0553 e. The molecule has 0 N–H and O–H groups in total. The van der Waals surface area contributed by atoms with E-state index in [0.717, 1.165) is 0 Å². The fourth-order valence-corrected chi connectivity index (χ4v) is 72.7. The molecule has 0 aromatic rings. The summed E-state index contributed by atoms with van der Waals surface area (Å²) in [5.74, 6) is 0. The van der Waals surface area contributed by atoms with E-state index >= 15 is 0 Å². The molecule has 1 aliphatic heterocycles. The first-order chi connectivity index (χ1) is 8.86. The van der Waals surface area contributed by atoms with Gasteiger partial charge in [-0.05, 0) is 25.9 Å². The molecule has 0 aliphatic carbocycles. The molecule has 1 fully saturated rings. The highest BCUT2D eigenvalue weighted by Gasteiger charge is 2.78. The van der Waals surface area contributed by atoms with Crippen molar-refractivity contribution in [1.29, 1.82) is 0 Å². The molecule has 0 spiro atoms. The molecule has 2 atom stereocenters. The van der Waals surface area contributed by atoms with E-state index in [1.807, 2.05) is 0 Å². The van der Waals surface area contributed by atoms with Gasteiger partial charge in [0.05, 0.1) is 33.1 Å². The fraction of sp³-hybridized carbons (Fsp3) is 1.00. The summed E-state index contributed by atoms with van der Waals surface area (Å²) >= 11 is 0. The summed E-state index contributed by atoms with van der Waals surface area (Å²) in [5, 5.41) is 2.09. The van der Waals surface area contributed by atoms with E-state index in [9.17, 15) is 0 Å². The van der Waals surface area contributed by atoms with Crippen molar-refractivity contribution in [3.8, 4) is 0 Å². The van der Waals surface area contributed by atoms with E-state index in [0.29, 0.717) is 20.6 Å². The van der Waals surface area contributed by atoms with Gasteiger partial charge in [0.15, 0.2) is 0 Å². The van der Waals surface area contributed by atoms with Gasteiger partial charge in [-0.3, -0.25) is 0 Å². The summed E-state index contributed by atoms with van der Waals surface area (Å²) in [5.41, 5.74) is 0. The number of hydrogen-bond donors (Lipinski definition) is 0. The Hall–Kier alpha value is 1.72. The second-order valence-corrected chi connectivity index (χ2v) is 35.2. The highest BCUT2D eigenvalue weighted by molar-refractivity contribution is 9.13. The van der Waals surface area contributed by atoms with Gasteiger partial charge in [-0.15, -0.1) is 0 Å². The third-order valence-corrected chi connectivity index (χ3v) is 54.7. The number of rotatable bonds is 0. The quantitative estimate of drug-likeness (QED) is 0.375. The monoisotopic (exact) mass is 367 g/mol. The van der Waals surface area contributed by atoms with Gasteiger partial charge in [0, 0.05) is 17.6 Å². The molecule has 0 bridgehead atoms. The molecular formula is C17H39P4+. The van der Waals surface area contributed by atoms with Gasteiger partial charge in [0.2, 0.25) is 0 Å². The van der Waals surface area contributed by atoms with Crippen LogP contribution in [0.25, 0.3) is 0 Å². The number of hydrogen-bond acceptors (Lipinski definition) is 0. The lowest BCUT2D eigenvalue weighted by molar-refractivity contribution is 0.761. The zero-order chi connectivity index (χ0) is 17.2. The lowest BCUT2D eigenvalue weighted by Gasteiger charge is -2.67. The van der Waals surface area contributed by atoms with E-state index in [1.165, 1.54) is 0 Å². The van der Waals surface area contributed by atoms with Gasteiger partial charge in [0.25, 0.3) is 0 Å². The van der Waals surface area contributed by atoms with E-state index in [-0.39, 0.29) is 21.9 Å². The lowest BCUT2D eigenvalue weighted by atomic mass is 10.3. The van der Waals surface area contributed by atoms with Crippen LogP contribution in [-0.2, 0) is 0 Å². The van der Waals surface area contributed by atoms with Crippen molar-refractivity contribution in [3.63, 3.8) is 0 Å². The average Bonchev–Trinajstić information content (AvgIpc) is 2.03. The Balaban J connectivity index is 3.52. The van der Waals surface area contributed by atoms with Crippen LogP contribution in [0.15, 0.2) is 0 Å². The van der Waals surface area contributed by atoms with Crippen LogP contribution in [0.1, 0.15) is 83.1 Å². The highest BCUT2D eigenvalue weighted by Crippen LogP contribution is 3.33. The van der Waals surface area contributed by atoms with Crippen LogP contribution in [0, 0.1) is 0 Å². The molecule has 1 heterocycles. The Bertz CT molecular complexity index is 365. The molecule has 21 heavy (non-hydrogen) atoms. The van der Waals surface area contributed by atoms with Gasteiger partial charge in [-0.25, -0.2) is 0 Å². The van der Waals surface area contributed by atoms with Crippen LogP contribution >= 0.6 is 28.5 Å². The van der Waals surface area contributed by atoms with Crippen molar-refractivity contribution in [3.05, 3.63) is 0 Å². The maximum atomic E-state index is 2.77. The Labute approximate surface area is 139 Å². The van der Waals surface area contributed by atoms with E-state index in [1.54, 1.807) is 0 Å². The first-order valence-electron chi connectivity index (χ1n) is 8.14. The normalized spacial score (nSPS) is 35.6. The minimum absolute atomic E-state index is 0.177. The molecule has 2 unspecified atom stereocenters. The Kier molecular flexibility index (Phi) is 5.56. The molecule has 0 aromatic carbocycles. The van der Waals surface area contributed by atoms with Crippen molar-refractivity contribution < 1.29 is 0 Å². The average molecular weight is 367 g/mol. The summed E-state index contributed by atoms with van der Waals surface area (Å²) in [7, 11) is 0.540. The first-order valence-corrected chi connectivity index (χ1v) is 17.2. The predicted molar refractivity (Wildman–Crippen MR) is 113 cm³/mol. The SMILES string of the molecule is CC(C)(C)P1P(C(C)(C)C)[P+](C)(C(C)(C)C)P1C(C)(C)C. The Morgan fingerprint density at radius 1 is 0.524 bits per heavy atom. The van der Waals surface area contributed by atoms with Crippen molar-refractivity contribution in [2.45, 2.75) is 104 Å². The predicted octanol–water partition coefficient (Wildman–Crippen LogP) is 8.95. The molecule has 0 saturated carbocycles. The van der Waals surface area contributed by atoms with Crippen molar-refractivity contribution in [2.24, 2.45) is 0 Å². The van der Waals surface area contributed by atoms with Gasteiger partial charge >= 0.3 is 0 Å². The van der Waals surface area contributed by atoms with E-state index < -0.39 is 6.64 Å². The van der Waals surface area contributed by atoms with Gasteiger partial charge in [-0.2, -0.15) is 0 Å². The van der Waals surface area contributed by atoms with Crippen LogP contribution in [0.5, 0.6) is 0 Å². The summed E-state index contributed by atoms with van der Waals surface area (Å²) < 4.78 is 0. The third-order valence-electron chi connectivity index (χ3n) is 4.17. The van der Waals surface area contributed by atoms with Crippen LogP contribution < -0.4 is 0 Å². The summed E-state index contributed by atoms with van der Waals surface area (Å²) in [6.07, 6.45) is 0. The summed E-state index contributed by atoms with van der Waals surface area (Å²) in [6, 6.07) is 0. The minimum atomic E-state index is -0.884. The van der Waals surface area contributed by atoms with Crippen LogP contribution in [0.4, 0.5) is 0 Å². The fourth-order valence-electron chi connectivity index (χ4n) is 3.33. The summed E-state index contributed by atoms with van der Waals surface area (Å²) in [4.78, 5) is 0. The highest BCUT2D eigenvalue weighted by atomic mass is 33.0. The molecule has 1 aliphatic rings. The second kappa shape index (κ2) is 5.62. The standard InChI is InChI=1S/C17H39P4/c1-14(2,3)18-19(15(4,5)6)21(13,17(10,11)12)20(18)16(7,8)9/h1-13H3/q+1. The van der Waals surface area contributed by atoms with Crippen LogP contribution in [0.2, 0.25) is 0 Å². The molecular weight excluding hydrogens is 328 g/mol. The molecule has 0 aromatic heterocycles. The zero-order valence-electron chi connectivity index (χ0n) is 16.8. The Morgan fingerprint density at radius 3 is 0.952 bits per heavy atom. The molecule has 4 heteroatoms. The largest absolute Gasteiger partial charge is 0.0957 e. The minimum Gasteiger partial charge on any atom is -0.0553 e. The maximum absolute atomic E-state index is 2.77. The van der Waals surface area contributed by atoms with Crippen molar-refractivity contribution in [2.75, 3.05) is 6.66 Å². The van der Waals surface area contributed by atoms with E-state index in [4.69, 9.17) is 0 Å². The zero-order valence-corrected chi connectivity index (χ0v) is 20.4. The molecule has 126 valence electrons. The molecule has 0 amide bonds. The molecule has 1 rings (SSSR count). The summed E-state index contributed by atoms with van der Waals surface area (Å²) in [6.45, 7) is 32.4. The molecule has 0 nitrogen and oxygen atoms in total. The maximum Gasteiger partial charge on any atom is 0.0957 e. The van der Waals surface area contributed by atoms with Crippen LogP contribution in [-0.4, -0.2) is 27.3 Å². The van der Waals surface area contributed by atoms with Gasteiger partial charge < -0.3 is 0 Å². The second-order valence-electron chi connectivity index (χ2n) is 10.5.